The van der Waals surface area contributed by atoms with Crippen molar-refractivity contribution >= 4 is 57.5 Å². The third-order valence-electron chi connectivity index (χ3n) is 4.55. The maximum absolute atomic E-state index is 11.0. The predicted octanol–water partition coefficient (Wildman–Crippen LogP) is 7.37. The lowest BCUT2D eigenvalue weighted by molar-refractivity contribution is -0.384. The summed E-state index contributed by atoms with van der Waals surface area (Å²) in [5.74, 6) is 0. The molecule has 156 valence electrons. The summed E-state index contributed by atoms with van der Waals surface area (Å²) in [4.78, 5) is 16.1. The monoisotopic (exact) mass is 489 g/mol. The van der Waals surface area contributed by atoms with E-state index in [9.17, 15) is 10.1 Å². The number of hydrogen-bond acceptors (Lipinski definition) is 4. The summed E-state index contributed by atoms with van der Waals surface area (Å²) < 4.78 is 2.05. The van der Waals surface area contributed by atoms with Gasteiger partial charge in [0.1, 0.15) is 0 Å². The highest BCUT2D eigenvalue weighted by Gasteiger charge is 2.12. The third kappa shape index (κ3) is 4.99. The number of nitro benzene ring substituents is 1. The van der Waals surface area contributed by atoms with E-state index >= 15 is 0 Å². The number of non-ortho nitro benzene ring substituents is 1. The largest absolute Gasteiger partial charge is 0.312 e. The molecule has 0 atom stereocenters. The van der Waals surface area contributed by atoms with Crippen LogP contribution in [0.5, 0.6) is 0 Å². The van der Waals surface area contributed by atoms with E-state index in [4.69, 9.17) is 39.8 Å². The predicted molar refractivity (Wildman–Crippen MR) is 127 cm³/mol. The van der Waals surface area contributed by atoms with Gasteiger partial charge in [0.25, 0.3) is 5.69 Å². The van der Waals surface area contributed by atoms with Gasteiger partial charge in [-0.15, -0.1) is 11.3 Å². The Bertz CT molecular complexity index is 1310. The van der Waals surface area contributed by atoms with Crippen LogP contribution in [0.15, 0.2) is 77.1 Å². The lowest BCUT2D eigenvalue weighted by Gasteiger charge is -2.10. The van der Waals surface area contributed by atoms with E-state index in [-0.39, 0.29) is 5.69 Å². The SMILES string of the molecule is O=[N+]([O-])c1ccc(-c2csc(=Nc3ccc(Cl)c(Cl)c3)n2Cc2ccc(Cl)cc2)cc1. The average molecular weight is 491 g/mol. The van der Waals surface area contributed by atoms with Crippen LogP contribution in [0.4, 0.5) is 11.4 Å². The molecule has 31 heavy (non-hydrogen) atoms. The van der Waals surface area contributed by atoms with Gasteiger partial charge in [-0.3, -0.25) is 10.1 Å². The fourth-order valence-electron chi connectivity index (χ4n) is 2.99. The molecule has 0 aliphatic carbocycles. The number of hydrogen-bond donors (Lipinski definition) is 0. The van der Waals surface area contributed by atoms with E-state index in [1.807, 2.05) is 29.6 Å². The summed E-state index contributed by atoms with van der Waals surface area (Å²) in [7, 11) is 0. The first-order valence-electron chi connectivity index (χ1n) is 9.08. The van der Waals surface area contributed by atoms with Gasteiger partial charge < -0.3 is 4.57 Å². The van der Waals surface area contributed by atoms with Crippen LogP contribution in [0.1, 0.15) is 5.56 Å². The number of thiazole rings is 1. The first kappa shape index (κ1) is 21.6. The first-order chi connectivity index (χ1) is 14.9. The standard InChI is InChI=1S/C22H14Cl3N3O2S/c23-16-5-1-14(2-6-16)12-27-21(15-3-8-18(9-4-15)28(29)30)13-31-22(27)26-17-7-10-19(24)20(25)11-17/h1-11,13H,12H2. The Hall–Kier alpha value is -2.64. The van der Waals surface area contributed by atoms with E-state index in [2.05, 4.69) is 4.57 Å². The van der Waals surface area contributed by atoms with Crippen molar-refractivity contribution < 1.29 is 4.92 Å². The smallest absolute Gasteiger partial charge is 0.269 e. The molecule has 0 aliphatic heterocycles. The summed E-state index contributed by atoms with van der Waals surface area (Å²) in [6.45, 7) is 0.549. The number of nitro groups is 1. The van der Waals surface area contributed by atoms with Crippen molar-refractivity contribution in [2.75, 3.05) is 0 Å². The highest BCUT2D eigenvalue weighted by atomic mass is 35.5. The van der Waals surface area contributed by atoms with Gasteiger partial charge in [-0.1, -0.05) is 46.9 Å². The fourth-order valence-corrected chi connectivity index (χ4v) is 4.34. The summed E-state index contributed by atoms with van der Waals surface area (Å²) in [6.07, 6.45) is 0. The quantitative estimate of drug-likeness (QED) is 0.217. The minimum Gasteiger partial charge on any atom is -0.312 e. The molecular weight excluding hydrogens is 477 g/mol. The minimum absolute atomic E-state index is 0.0453. The molecule has 0 spiro atoms. The maximum Gasteiger partial charge on any atom is 0.269 e. The second kappa shape index (κ2) is 9.24. The van der Waals surface area contributed by atoms with Crippen molar-refractivity contribution in [1.82, 2.24) is 4.57 Å². The van der Waals surface area contributed by atoms with Gasteiger partial charge in [0, 0.05) is 22.5 Å². The van der Waals surface area contributed by atoms with Crippen molar-refractivity contribution in [2.24, 2.45) is 4.99 Å². The van der Waals surface area contributed by atoms with E-state index in [1.165, 1.54) is 23.5 Å². The molecule has 0 bridgehead atoms. The van der Waals surface area contributed by atoms with Crippen molar-refractivity contribution in [2.45, 2.75) is 6.54 Å². The van der Waals surface area contributed by atoms with E-state index < -0.39 is 4.92 Å². The Morgan fingerprint density at radius 1 is 0.935 bits per heavy atom. The number of benzene rings is 3. The summed E-state index contributed by atoms with van der Waals surface area (Å²) in [5, 5.41) is 14.5. The van der Waals surface area contributed by atoms with E-state index in [0.717, 1.165) is 21.6 Å². The molecule has 0 radical (unpaired) electrons. The number of rotatable bonds is 5. The molecule has 1 aromatic heterocycles. The molecule has 0 saturated carbocycles. The van der Waals surface area contributed by atoms with Crippen molar-refractivity contribution in [3.8, 4) is 11.3 Å². The molecule has 3 aromatic carbocycles. The molecule has 0 fully saturated rings. The molecule has 5 nitrogen and oxygen atoms in total. The van der Waals surface area contributed by atoms with E-state index in [0.29, 0.717) is 27.3 Å². The highest BCUT2D eigenvalue weighted by molar-refractivity contribution is 7.07. The van der Waals surface area contributed by atoms with Crippen molar-refractivity contribution in [3.63, 3.8) is 0 Å². The van der Waals surface area contributed by atoms with Crippen molar-refractivity contribution in [3.05, 3.63) is 108 Å². The Labute approximate surface area is 196 Å². The summed E-state index contributed by atoms with van der Waals surface area (Å²) in [5.41, 5.74) is 3.52. The van der Waals surface area contributed by atoms with Crippen molar-refractivity contribution in [1.29, 1.82) is 0 Å². The molecule has 4 rings (SSSR count). The topological polar surface area (TPSA) is 60.4 Å². The zero-order chi connectivity index (χ0) is 22.0. The van der Waals surface area contributed by atoms with Gasteiger partial charge in [-0.25, -0.2) is 4.99 Å². The van der Waals surface area contributed by atoms with Crippen LogP contribution in [0.3, 0.4) is 0 Å². The van der Waals surface area contributed by atoms with Crippen LogP contribution in [-0.4, -0.2) is 9.49 Å². The Morgan fingerprint density at radius 3 is 2.29 bits per heavy atom. The number of nitrogens with zero attached hydrogens (tertiary/aromatic N) is 3. The van der Waals surface area contributed by atoms with Crippen LogP contribution in [0, 0.1) is 10.1 Å². The number of aromatic nitrogens is 1. The van der Waals surface area contributed by atoms with Gasteiger partial charge in [0.2, 0.25) is 0 Å². The molecular formula is C22H14Cl3N3O2S. The molecule has 1 heterocycles. The van der Waals surface area contributed by atoms with Crippen LogP contribution < -0.4 is 4.80 Å². The number of halogens is 3. The van der Waals surface area contributed by atoms with E-state index in [1.54, 1.807) is 30.3 Å². The second-order valence-electron chi connectivity index (χ2n) is 6.63. The van der Waals surface area contributed by atoms with Crippen LogP contribution in [-0.2, 0) is 6.54 Å². The van der Waals surface area contributed by atoms with Crippen LogP contribution in [0.2, 0.25) is 15.1 Å². The van der Waals surface area contributed by atoms with Crippen LogP contribution in [0.25, 0.3) is 11.3 Å². The minimum atomic E-state index is -0.412. The zero-order valence-corrected chi connectivity index (χ0v) is 18.9. The maximum atomic E-state index is 11.0. The average Bonchev–Trinajstić information content (AvgIpc) is 3.14. The van der Waals surface area contributed by atoms with Gasteiger partial charge in [-0.2, -0.15) is 0 Å². The molecule has 4 aromatic rings. The molecule has 0 aliphatic rings. The fraction of sp³-hybridized carbons (Fsp3) is 0.0455. The zero-order valence-electron chi connectivity index (χ0n) is 15.8. The molecule has 9 heteroatoms. The summed E-state index contributed by atoms with van der Waals surface area (Å²) >= 11 is 19.7. The Kier molecular flexibility index (Phi) is 6.43. The second-order valence-corrected chi connectivity index (χ2v) is 8.72. The lowest BCUT2D eigenvalue weighted by Crippen LogP contribution is -2.16. The van der Waals surface area contributed by atoms with Gasteiger partial charge in [0.15, 0.2) is 4.80 Å². The summed E-state index contributed by atoms with van der Waals surface area (Å²) in [6, 6.07) is 19.3. The normalized spacial score (nSPS) is 11.6. The molecule has 0 N–H and O–H groups in total. The Morgan fingerprint density at radius 2 is 1.65 bits per heavy atom. The Balaban J connectivity index is 1.82. The third-order valence-corrected chi connectivity index (χ3v) is 6.41. The first-order valence-corrected chi connectivity index (χ1v) is 11.1. The molecule has 0 unspecified atom stereocenters. The van der Waals surface area contributed by atoms with Crippen LogP contribution >= 0.6 is 46.1 Å². The molecule has 0 saturated heterocycles. The highest BCUT2D eigenvalue weighted by Crippen LogP contribution is 2.28. The van der Waals surface area contributed by atoms with Gasteiger partial charge in [-0.05, 0) is 53.6 Å². The van der Waals surface area contributed by atoms with Gasteiger partial charge in [0.05, 0.1) is 32.9 Å². The lowest BCUT2D eigenvalue weighted by atomic mass is 10.1. The molecule has 0 amide bonds. The van der Waals surface area contributed by atoms with Gasteiger partial charge >= 0.3 is 0 Å².